The fourth-order valence-corrected chi connectivity index (χ4v) is 5.30. The van der Waals surface area contributed by atoms with E-state index in [4.69, 9.17) is 16.7 Å². The van der Waals surface area contributed by atoms with Crippen LogP contribution in [0.3, 0.4) is 0 Å². The maximum atomic E-state index is 11.0. The van der Waals surface area contributed by atoms with Crippen LogP contribution in [0.4, 0.5) is 0 Å². The number of allylic oxidation sites excluding steroid dienone is 2. The maximum Gasteiger partial charge on any atom is 0.345 e. The van der Waals surface area contributed by atoms with Crippen molar-refractivity contribution < 1.29 is 15.0 Å². The number of halogens is 1. The molecule has 146 valence electrons. The Morgan fingerprint density at radius 3 is 2.69 bits per heavy atom. The Hall–Kier alpha value is -0.840. The zero-order valence-electron chi connectivity index (χ0n) is 15.6. The fourth-order valence-electron chi connectivity index (χ4n) is 3.92. The summed E-state index contributed by atoms with van der Waals surface area (Å²) in [6.07, 6.45) is 13.4. The van der Waals surface area contributed by atoms with Crippen LogP contribution >= 0.6 is 22.9 Å². The van der Waals surface area contributed by atoms with E-state index in [1.807, 2.05) is 6.07 Å². The normalized spacial score (nSPS) is 26.0. The standard InChI is InChI=1S/C21H31ClO3S/c1-2-3-4-5-6-7-10-17-16(18(22)14-19(17)23)11-8-9-15-12-13-20(26-15)21(24)25/h5-6,12-13,16-19,23H,2-4,7-11,14H2,1H3,(H,24,25)/b6-5+/t16-,17?,18?,19?/m1/s1. The summed E-state index contributed by atoms with van der Waals surface area (Å²) in [6, 6.07) is 3.59. The van der Waals surface area contributed by atoms with Crippen molar-refractivity contribution >= 4 is 28.9 Å². The minimum Gasteiger partial charge on any atom is -0.477 e. The van der Waals surface area contributed by atoms with E-state index in [2.05, 4.69) is 19.1 Å². The summed E-state index contributed by atoms with van der Waals surface area (Å²) in [6.45, 7) is 2.20. The second kappa shape index (κ2) is 11.1. The van der Waals surface area contributed by atoms with Crippen LogP contribution in [0.25, 0.3) is 0 Å². The van der Waals surface area contributed by atoms with Gasteiger partial charge in [0.1, 0.15) is 4.88 Å². The Morgan fingerprint density at radius 1 is 1.23 bits per heavy atom. The highest BCUT2D eigenvalue weighted by molar-refractivity contribution is 7.13. The predicted molar refractivity (Wildman–Crippen MR) is 109 cm³/mol. The van der Waals surface area contributed by atoms with Crippen LogP contribution in [0.1, 0.15) is 72.8 Å². The molecule has 1 saturated carbocycles. The van der Waals surface area contributed by atoms with Crippen LogP contribution < -0.4 is 0 Å². The molecule has 1 fully saturated rings. The molecule has 0 bridgehead atoms. The first-order chi connectivity index (χ1) is 12.5. The van der Waals surface area contributed by atoms with Gasteiger partial charge < -0.3 is 10.2 Å². The molecule has 1 aliphatic rings. The largest absolute Gasteiger partial charge is 0.477 e. The average Bonchev–Trinajstić information content (AvgIpc) is 3.17. The number of carbonyl (C=O) groups is 1. The predicted octanol–water partition coefficient (Wildman–Crippen LogP) is 5.90. The number of carboxylic acids is 1. The van der Waals surface area contributed by atoms with Crippen molar-refractivity contribution in [3.05, 3.63) is 34.0 Å². The van der Waals surface area contributed by atoms with Crippen LogP contribution in [0.5, 0.6) is 0 Å². The van der Waals surface area contributed by atoms with E-state index in [0.29, 0.717) is 17.2 Å². The van der Waals surface area contributed by atoms with Gasteiger partial charge in [0.05, 0.1) is 6.10 Å². The maximum absolute atomic E-state index is 11.0. The Bertz CT molecular complexity index is 584. The second-order valence-corrected chi connectivity index (χ2v) is 9.03. The molecule has 26 heavy (non-hydrogen) atoms. The number of carboxylic acid groups (broad SMARTS) is 1. The minimum absolute atomic E-state index is 0.0528. The first kappa shape index (κ1) is 21.5. The topological polar surface area (TPSA) is 57.5 Å². The molecule has 0 amide bonds. The molecular weight excluding hydrogens is 368 g/mol. The SMILES string of the molecule is CCCC/C=C/CCC1C(O)CC(Cl)[C@@H]1CCCc1ccc(C(=O)O)s1. The molecule has 1 aromatic rings. The summed E-state index contributed by atoms with van der Waals surface area (Å²) in [4.78, 5) is 12.5. The molecule has 3 nitrogen and oxygen atoms in total. The van der Waals surface area contributed by atoms with E-state index in [1.165, 1.54) is 24.2 Å². The molecule has 4 atom stereocenters. The van der Waals surface area contributed by atoms with Crippen molar-refractivity contribution in [2.75, 3.05) is 0 Å². The van der Waals surface area contributed by atoms with E-state index in [-0.39, 0.29) is 17.4 Å². The lowest BCUT2D eigenvalue weighted by Gasteiger charge is -2.23. The second-order valence-electron chi connectivity index (χ2n) is 7.30. The summed E-state index contributed by atoms with van der Waals surface area (Å²) in [7, 11) is 0. The Kier molecular flexibility index (Phi) is 9.17. The van der Waals surface area contributed by atoms with E-state index in [9.17, 15) is 9.90 Å². The highest BCUT2D eigenvalue weighted by Crippen LogP contribution is 2.41. The van der Waals surface area contributed by atoms with E-state index < -0.39 is 5.97 Å². The van der Waals surface area contributed by atoms with E-state index in [0.717, 1.165) is 43.4 Å². The Labute approximate surface area is 166 Å². The number of aryl methyl sites for hydroxylation is 1. The highest BCUT2D eigenvalue weighted by atomic mass is 35.5. The number of aromatic carboxylic acids is 1. The third kappa shape index (κ3) is 6.40. The van der Waals surface area contributed by atoms with E-state index in [1.54, 1.807) is 6.07 Å². The van der Waals surface area contributed by atoms with Crippen molar-refractivity contribution in [2.45, 2.75) is 76.2 Å². The number of alkyl halides is 1. The third-order valence-electron chi connectivity index (χ3n) is 5.37. The van der Waals surface area contributed by atoms with Gasteiger partial charge in [0.25, 0.3) is 0 Å². The summed E-state index contributed by atoms with van der Waals surface area (Å²) >= 11 is 7.88. The van der Waals surface area contributed by atoms with Crippen LogP contribution in [0, 0.1) is 11.8 Å². The molecule has 2 N–H and O–H groups in total. The monoisotopic (exact) mass is 398 g/mol. The lowest BCUT2D eigenvalue weighted by Crippen LogP contribution is -2.20. The van der Waals surface area contributed by atoms with Gasteiger partial charge in [-0.3, -0.25) is 0 Å². The molecule has 0 radical (unpaired) electrons. The van der Waals surface area contributed by atoms with Crippen LogP contribution in [0.15, 0.2) is 24.3 Å². The molecule has 0 spiro atoms. The number of aliphatic hydroxyl groups excluding tert-OH is 1. The van der Waals surface area contributed by atoms with Crippen LogP contribution in [-0.4, -0.2) is 27.7 Å². The van der Waals surface area contributed by atoms with Crippen LogP contribution in [0.2, 0.25) is 0 Å². The molecule has 2 rings (SSSR count). The van der Waals surface area contributed by atoms with Gasteiger partial charge in [-0.2, -0.15) is 0 Å². The molecule has 0 aliphatic heterocycles. The molecular formula is C21H31ClO3S. The van der Waals surface area contributed by atoms with Gasteiger partial charge in [0.2, 0.25) is 0 Å². The summed E-state index contributed by atoms with van der Waals surface area (Å²) in [5, 5.41) is 19.4. The Morgan fingerprint density at radius 2 is 2.00 bits per heavy atom. The lowest BCUT2D eigenvalue weighted by atomic mass is 9.86. The van der Waals surface area contributed by atoms with Crippen molar-refractivity contribution in [3.8, 4) is 0 Å². The smallest absolute Gasteiger partial charge is 0.345 e. The van der Waals surface area contributed by atoms with Crippen molar-refractivity contribution in [2.24, 2.45) is 11.8 Å². The number of hydrogen-bond donors (Lipinski definition) is 2. The summed E-state index contributed by atoms with van der Waals surface area (Å²) in [5.41, 5.74) is 0. The number of hydrogen-bond acceptors (Lipinski definition) is 3. The first-order valence-electron chi connectivity index (χ1n) is 9.82. The van der Waals surface area contributed by atoms with Crippen LogP contribution in [-0.2, 0) is 6.42 Å². The van der Waals surface area contributed by atoms with Gasteiger partial charge in [-0.05, 0) is 68.9 Å². The van der Waals surface area contributed by atoms with Crippen molar-refractivity contribution in [1.82, 2.24) is 0 Å². The molecule has 0 aromatic carbocycles. The number of rotatable bonds is 11. The molecule has 1 aliphatic carbocycles. The van der Waals surface area contributed by atoms with Gasteiger partial charge in [0.15, 0.2) is 0 Å². The third-order valence-corrected chi connectivity index (χ3v) is 7.00. The Balaban J connectivity index is 1.78. The molecule has 0 saturated heterocycles. The minimum atomic E-state index is -0.854. The van der Waals surface area contributed by atoms with Gasteiger partial charge in [-0.1, -0.05) is 31.9 Å². The number of thiophene rings is 1. The summed E-state index contributed by atoms with van der Waals surface area (Å²) in [5.74, 6) is -0.214. The molecule has 1 heterocycles. The molecule has 1 aromatic heterocycles. The highest BCUT2D eigenvalue weighted by Gasteiger charge is 2.40. The summed E-state index contributed by atoms with van der Waals surface area (Å²) < 4.78 is 0. The van der Waals surface area contributed by atoms with E-state index >= 15 is 0 Å². The zero-order chi connectivity index (χ0) is 18.9. The lowest BCUT2D eigenvalue weighted by molar-refractivity contribution is 0.0702. The van der Waals surface area contributed by atoms with Gasteiger partial charge in [-0.25, -0.2) is 4.79 Å². The van der Waals surface area contributed by atoms with Gasteiger partial charge >= 0.3 is 5.97 Å². The van der Waals surface area contributed by atoms with Crippen molar-refractivity contribution in [1.29, 1.82) is 0 Å². The van der Waals surface area contributed by atoms with Crippen molar-refractivity contribution in [3.63, 3.8) is 0 Å². The molecule has 3 unspecified atom stereocenters. The van der Waals surface area contributed by atoms with Gasteiger partial charge in [-0.15, -0.1) is 22.9 Å². The number of unbranched alkanes of at least 4 members (excludes halogenated alkanes) is 2. The first-order valence-corrected chi connectivity index (χ1v) is 11.1. The quantitative estimate of drug-likeness (QED) is 0.277. The number of aliphatic hydroxyl groups is 1. The fraction of sp³-hybridized carbons (Fsp3) is 0.667. The molecule has 5 heteroatoms. The van der Waals surface area contributed by atoms with Gasteiger partial charge in [0, 0.05) is 10.3 Å². The zero-order valence-corrected chi connectivity index (χ0v) is 17.1. The average molecular weight is 399 g/mol.